The summed E-state index contributed by atoms with van der Waals surface area (Å²) in [6.07, 6.45) is 0. The maximum absolute atomic E-state index is 13.2. The van der Waals surface area contributed by atoms with Crippen molar-refractivity contribution in [3.8, 4) is 0 Å². The predicted octanol–water partition coefficient (Wildman–Crippen LogP) is 1.47. The lowest BCUT2D eigenvalue weighted by Gasteiger charge is -2.23. The molecule has 88 valence electrons. The van der Waals surface area contributed by atoms with Crippen LogP contribution in [0.15, 0.2) is 18.2 Å². The number of nitrogens with one attached hydrogen (secondary N) is 1. The SMILES string of the molecule is CC(C)(CO)NC(=O)c1cc(F)ccc1F. The number of halogens is 2. The molecule has 0 bridgehead atoms. The normalized spacial score (nSPS) is 11.3. The summed E-state index contributed by atoms with van der Waals surface area (Å²) in [6.45, 7) is 2.85. The Bertz CT molecular complexity index is 405. The average molecular weight is 229 g/mol. The topological polar surface area (TPSA) is 49.3 Å². The second kappa shape index (κ2) is 4.57. The first-order valence-corrected chi connectivity index (χ1v) is 4.74. The number of amides is 1. The number of aliphatic hydroxyl groups is 1. The molecule has 0 heterocycles. The summed E-state index contributed by atoms with van der Waals surface area (Å²) in [5.74, 6) is -2.24. The fourth-order valence-corrected chi connectivity index (χ4v) is 1.09. The Morgan fingerprint density at radius 1 is 1.44 bits per heavy atom. The van der Waals surface area contributed by atoms with Crippen LogP contribution in [0, 0.1) is 11.6 Å². The summed E-state index contributed by atoms with van der Waals surface area (Å²) >= 11 is 0. The van der Waals surface area contributed by atoms with Gasteiger partial charge in [0.2, 0.25) is 0 Å². The van der Waals surface area contributed by atoms with Crippen molar-refractivity contribution >= 4 is 5.91 Å². The number of benzene rings is 1. The minimum Gasteiger partial charge on any atom is -0.394 e. The molecule has 1 rings (SSSR count). The van der Waals surface area contributed by atoms with Gasteiger partial charge in [0.15, 0.2) is 0 Å². The molecule has 0 fully saturated rings. The Hall–Kier alpha value is -1.49. The van der Waals surface area contributed by atoms with Gasteiger partial charge in [0.05, 0.1) is 17.7 Å². The number of hydrogen-bond acceptors (Lipinski definition) is 2. The lowest BCUT2D eigenvalue weighted by Crippen LogP contribution is -2.46. The minimum absolute atomic E-state index is 0.296. The second-order valence-corrected chi connectivity index (χ2v) is 4.12. The van der Waals surface area contributed by atoms with Crippen LogP contribution >= 0.6 is 0 Å². The molecule has 1 aromatic carbocycles. The first-order chi connectivity index (χ1) is 7.35. The number of carbonyl (C=O) groups is 1. The summed E-state index contributed by atoms with van der Waals surface area (Å²) in [6, 6.07) is 2.64. The highest BCUT2D eigenvalue weighted by atomic mass is 19.1. The predicted molar refractivity (Wildman–Crippen MR) is 55.0 cm³/mol. The van der Waals surface area contributed by atoms with Gasteiger partial charge in [-0.15, -0.1) is 0 Å². The highest BCUT2D eigenvalue weighted by molar-refractivity contribution is 5.94. The Labute approximate surface area is 92.1 Å². The Balaban J connectivity index is 2.93. The van der Waals surface area contributed by atoms with Crippen LogP contribution in [-0.2, 0) is 0 Å². The van der Waals surface area contributed by atoms with Gasteiger partial charge in [-0.3, -0.25) is 4.79 Å². The van der Waals surface area contributed by atoms with Crippen LogP contribution < -0.4 is 5.32 Å². The molecule has 0 aliphatic rings. The van der Waals surface area contributed by atoms with E-state index in [1.165, 1.54) is 0 Å². The molecular weight excluding hydrogens is 216 g/mol. The maximum Gasteiger partial charge on any atom is 0.254 e. The second-order valence-electron chi connectivity index (χ2n) is 4.12. The molecule has 0 aliphatic carbocycles. The zero-order chi connectivity index (χ0) is 12.3. The number of hydrogen-bond donors (Lipinski definition) is 2. The summed E-state index contributed by atoms with van der Waals surface area (Å²) in [7, 11) is 0. The zero-order valence-electron chi connectivity index (χ0n) is 9.05. The smallest absolute Gasteiger partial charge is 0.254 e. The third kappa shape index (κ3) is 3.00. The summed E-state index contributed by atoms with van der Waals surface area (Å²) in [5, 5.41) is 11.3. The lowest BCUT2D eigenvalue weighted by atomic mass is 10.1. The quantitative estimate of drug-likeness (QED) is 0.824. The lowest BCUT2D eigenvalue weighted by molar-refractivity contribution is 0.0864. The van der Waals surface area contributed by atoms with Crippen molar-refractivity contribution in [3.63, 3.8) is 0 Å². The molecule has 0 aromatic heterocycles. The van der Waals surface area contributed by atoms with Gasteiger partial charge in [0.1, 0.15) is 11.6 Å². The van der Waals surface area contributed by atoms with Crippen LogP contribution in [0.2, 0.25) is 0 Å². The van der Waals surface area contributed by atoms with Gasteiger partial charge < -0.3 is 10.4 Å². The van der Waals surface area contributed by atoms with E-state index in [-0.39, 0.29) is 12.2 Å². The first kappa shape index (κ1) is 12.6. The summed E-state index contributed by atoms with van der Waals surface area (Å²) in [4.78, 5) is 11.6. The first-order valence-electron chi connectivity index (χ1n) is 4.74. The third-order valence-electron chi connectivity index (χ3n) is 2.02. The van der Waals surface area contributed by atoms with Gasteiger partial charge in [-0.25, -0.2) is 8.78 Å². The van der Waals surface area contributed by atoms with Crippen molar-refractivity contribution < 1.29 is 18.7 Å². The fourth-order valence-electron chi connectivity index (χ4n) is 1.09. The molecule has 0 atom stereocenters. The standard InChI is InChI=1S/C11H13F2NO2/c1-11(2,6-15)14-10(16)8-5-7(12)3-4-9(8)13/h3-5,15H,6H2,1-2H3,(H,14,16). The molecule has 0 aliphatic heterocycles. The van der Waals surface area contributed by atoms with Crippen LogP contribution in [0.1, 0.15) is 24.2 Å². The van der Waals surface area contributed by atoms with Crippen molar-refractivity contribution in [1.29, 1.82) is 0 Å². The largest absolute Gasteiger partial charge is 0.394 e. The fraction of sp³-hybridized carbons (Fsp3) is 0.364. The number of aliphatic hydroxyl groups excluding tert-OH is 1. The maximum atomic E-state index is 13.2. The van der Waals surface area contributed by atoms with Crippen LogP contribution in [0.3, 0.4) is 0 Å². The number of carbonyl (C=O) groups excluding carboxylic acids is 1. The van der Waals surface area contributed by atoms with E-state index in [0.29, 0.717) is 0 Å². The van der Waals surface area contributed by atoms with E-state index in [9.17, 15) is 13.6 Å². The van der Waals surface area contributed by atoms with E-state index in [1.54, 1.807) is 13.8 Å². The van der Waals surface area contributed by atoms with E-state index < -0.39 is 23.1 Å². The molecule has 5 heteroatoms. The Morgan fingerprint density at radius 3 is 2.62 bits per heavy atom. The van der Waals surface area contributed by atoms with Gasteiger partial charge in [0.25, 0.3) is 5.91 Å². The van der Waals surface area contributed by atoms with Crippen LogP contribution in [-0.4, -0.2) is 23.2 Å². The van der Waals surface area contributed by atoms with Crippen molar-refractivity contribution in [2.24, 2.45) is 0 Å². The van der Waals surface area contributed by atoms with Crippen molar-refractivity contribution in [2.45, 2.75) is 19.4 Å². The molecule has 1 amide bonds. The number of rotatable bonds is 3. The van der Waals surface area contributed by atoms with E-state index in [0.717, 1.165) is 18.2 Å². The monoisotopic (exact) mass is 229 g/mol. The summed E-state index contributed by atoms with van der Waals surface area (Å²) < 4.78 is 26.0. The minimum atomic E-state index is -0.879. The van der Waals surface area contributed by atoms with E-state index in [1.807, 2.05) is 0 Å². The molecular formula is C11H13F2NO2. The van der Waals surface area contributed by atoms with Crippen LogP contribution in [0.5, 0.6) is 0 Å². The van der Waals surface area contributed by atoms with Gasteiger partial charge in [-0.05, 0) is 32.0 Å². The molecule has 0 unspecified atom stereocenters. The van der Waals surface area contributed by atoms with Crippen LogP contribution in [0.25, 0.3) is 0 Å². The van der Waals surface area contributed by atoms with Crippen molar-refractivity contribution in [3.05, 3.63) is 35.4 Å². The molecule has 2 N–H and O–H groups in total. The highest BCUT2D eigenvalue weighted by Gasteiger charge is 2.22. The molecule has 0 radical (unpaired) electrons. The van der Waals surface area contributed by atoms with E-state index in [2.05, 4.69) is 5.32 Å². The highest BCUT2D eigenvalue weighted by Crippen LogP contribution is 2.11. The van der Waals surface area contributed by atoms with Gasteiger partial charge in [0, 0.05) is 0 Å². The molecule has 0 saturated heterocycles. The molecule has 0 saturated carbocycles. The van der Waals surface area contributed by atoms with E-state index >= 15 is 0 Å². The van der Waals surface area contributed by atoms with Crippen molar-refractivity contribution in [1.82, 2.24) is 5.32 Å². The molecule has 16 heavy (non-hydrogen) atoms. The van der Waals surface area contributed by atoms with Gasteiger partial charge in [-0.2, -0.15) is 0 Å². The average Bonchev–Trinajstić information content (AvgIpc) is 2.21. The third-order valence-corrected chi connectivity index (χ3v) is 2.02. The molecule has 3 nitrogen and oxygen atoms in total. The molecule has 0 spiro atoms. The van der Waals surface area contributed by atoms with Gasteiger partial charge >= 0.3 is 0 Å². The van der Waals surface area contributed by atoms with Crippen LogP contribution in [0.4, 0.5) is 8.78 Å². The zero-order valence-corrected chi connectivity index (χ0v) is 9.05. The van der Waals surface area contributed by atoms with Gasteiger partial charge in [-0.1, -0.05) is 0 Å². The van der Waals surface area contributed by atoms with Crippen molar-refractivity contribution in [2.75, 3.05) is 6.61 Å². The summed E-state index contributed by atoms with van der Waals surface area (Å²) in [5.41, 5.74) is -1.25. The van der Waals surface area contributed by atoms with E-state index in [4.69, 9.17) is 5.11 Å². The Morgan fingerprint density at radius 2 is 2.06 bits per heavy atom. The molecule has 1 aromatic rings. The Kier molecular flexibility index (Phi) is 3.59.